The van der Waals surface area contributed by atoms with Gasteiger partial charge < -0.3 is 4.74 Å². The van der Waals surface area contributed by atoms with E-state index in [1.807, 2.05) is 13.0 Å². The van der Waals surface area contributed by atoms with Crippen LogP contribution in [0.15, 0.2) is 0 Å². The summed E-state index contributed by atoms with van der Waals surface area (Å²) in [6, 6.07) is 1.95. The maximum atomic E-state index is 11.0. The second kappa shape index (κ2) is 6.66. The molecule has 68 valence electrons. The van der Waals surface area contributed by atoms with Crippen LogP contribution < -0.4 is 0 Å². The third-order valence-corrected chi connectivity index (χ3v) is 1.57. The summed E-state index contributed by atoms with van der Waals surface area (Å²) in [5.41, 5.74) is 0. The highest BCUT2D eigenvalue weighted by molar-refractivity contribution is 5.75. The molecule has 0 aliphatic carbocycles. The maximum absolute atomic E-state index is 11.0. The molecule has 0 spiro atoms. The van der Waals surface area contributed by atoms with Gasteiger partial charge in [0.25, 0.3) is 0 Å². The van der Waals surface area contributed by atoms with E-state index in [9.17, 15) is 4.79 Å². The SMILES string of the molecule is CCCCC(C#N)C(=O)OCC. The molecule has 1 unspecified atom stereocenters. The van der Waals surface area contributed by atoms with Crippen LogP contribution in [0.2, 0.25) is 0 Å². The van der Waals surface area contributed by atoms with E-state index in [-0.39, 0.29) is 5.97 Å². The lowest BCUT2D eigenvalue weighted by Gasteiger charge is -2.06. The zero-order valence-electron chi connectivity index (χ0n) is 7.67. The van der Waals surface area contributed by atoms with Crippen LogP contribution in [-0.4, -0.2) is 12.6 Å². The highest BCUT2D eigenvalue weighted by Gasteiger charge is 2.17. The van der Waals surface area contributed by atoms with Crippen LogP contribution in [0.5, 0.6) is 0 Å². The fourth-order valence-electron chi connectivity index (χ4n) is 0.886. The third-order valence-electron chi connectivity index (χ3n) is 1.57. The number of ether oxygens (including phenoxy) is 1. The molecule has 1 atom stereocenters. The van der Waals surface area contributed by atoms with Crippen LogP contribution in [0.3, 0.4) is 0 Å². The Morgan fingerprint density at radius 3 is 2.67 bits per heavy atom. The number of nitriles is 1. The molecule has 0 aliphatic heterocycles. The Morgan fingerprint density at radius 2 is 2.25 bits per heavy atom. The summed E-state index contributed by atoms with van der Waals surface area (Å²) in [6.45, 7) is 4.12. The monoisotopic (exact) mass is 169 g/mol. The van der Waals surface area contributed by atoms with Crippen molar-refractivity contribution in [2.75, 3.05) is 6.61 Å². The van der Waals surface area contributed by atoms with Crippen molar-refractivity contribution in [1.82, 2.24) is 0 Å². The van der Waals surface area contributed by atoms with Gasteiger partial charge in [0.2, 0.25) is 0 Å². The average Bonchev–Trinajstić information content (AvgIpc) is 2.06. The van der Waals surface area contributed by atoms with Gasteiger partial charge in [0.1, 0.15) is 5.92 Å². The zero-order chi connectivity index (χ0) is 9.40. The molecule has 0 aliphatic rings. The number of carbonyl (C=O) groups excluding carboxylic acids is 1. The first kappa shape index (κ1) is 11.0. The lowest BCUT2D eigenvalue weighted by molar-refractivity contribution is -0.146. The second-order valence-corrected chi connectivity index (χ2v) is 2.58. The predicted molar refractivity (Wildman–Crippen MR) is 45.3 cm³/mol. The molecule has 0 aromatic carbocycles. The van der Waals surface area contributed by atoms with E-state index in [0.717, 1.165) is 12.8 Å². The summed E-state index contributed by atoms with van der Waals surface area (Å²) >= 11 is 0. The summed E-state index contributed by atoms with van der Waals surface area (Å²) in [7, 11) is 0. The van der Waals surface area contributed by atoms with Gasteiger partial charge in [0.05, 0.1) is 12.7 Å². The van der Waals surface area contributed by atoms with Crippen LogP contribution >= 0.6 is 0 Å². The largest absolute Gasteiger partial charge is 0.465 e. The van der Waals surface area contributed by atoms with E-state index < -0.39 is 5.92 Å². The van der Waals surface area contributed by atoms with E-state index in [4.69, 9.17) is 10.00 Å². The molecular weight excluding hydrogens is 154 g/mol. The first-order valence-corrected chi connectivity index (χ1v) is 4.32. The Bertz CT molecular complexity index is 172. The Labute approximate surface area is 73.3 Å². The summed E-state index contributed by atoms with van der Waals surface area (Å²) in [6.07, 6.45) is 2.51. The fourth-order valence-corrected chi connectivity index (χ4v) is 0.886. The first-order chi connectivity index (χ1) is 5.76. The van der Waals surface area contributed by atoms with Crippen molar-refractivity contribution in [1.29, 1.82) is 5.26 Å². The molecule has 12 heavy (non-hydrogen) atoms. The quantitative estimate of drug-likeness (QED) is 0.590. The Hall–Kier alpha value is -1.04. The number of esters is 1. The average molecular weight is 169 g/mol. The molecule has 3 nitrogen and oxygen atoms in total. The lowest BCUT2D eigenvalue weighted by Crippen LogP contribution is -2.15. The topological polar surface area (TPSA) is 50.1 Å². The number of nitrogens with zero attached hydrogens (tertiary/aromatic N) is 1. The van der Waals surface area contributed by atoms with Gasteiger partial charge in [-0.05, 0) is 13.3 Å². The van der Waals surface area contributed by atoms with Gasteiger partial charge in [-0.25, -0.2) is 0 Å². The van der Waals surface area contributed by atoms with E-state index >= 15 is 0 Å². The van der Waals surface area contributed by atoms with Gasteiger partial charge in [0.15, 0.2) is 0 Å². The number of hydrogen-bond donors (Lipinski definition) is 0. The summed E-state index contributed by atoms with van der Waals surface area (Å²) in [4.78, 5) is 11.0. The Morgan fingerprint density at radius 1 is 1.58 bits per heavy atom. The summed E-state index contributed by atoms with van der Waals surface area (Å²) in [5, 5.41) is 8.60. The molecule has 0 fully saturated rings. The molecule has 0 amide bonds. The van der Waals surface area contributed by atoms with Gasteiger partial charge in [-0.1, -0.05) is 19.8 Å². The Balaban J connectivity index is 3.81. The van der Waals surface area contributed by atoms with Crippen molar-refractivity contribution < 1.29 is 9.53 Å². The van der Waals surface area contributed by atoms with Gasteiger partial charge in [0, 0.05) is 0 Å². The van der Waals surface area contributed by atoms with Gasteiger partial charge in [-0.2, -0.15) is 5.26 Å². The van der Waals surface area contributed by atoms with Crippen molar-refractivity contribution in [2.45, 2.75) is 33.1 Å². The van der Waals surface area contributed by atoms with Crippen molar-refractivity contribution in [3.05, 3.63) is 0 Å². The van der Waals surface area contributed by atoms with E-state index in [1.165, 1.54) is 0 Å². The molecule has 0 aromatic rings. The molecule has 0 bridgehead atoms. The van der Waals surface area contributed by atoms with Crippen LogP contribution in [0.1, 0.15) is 33.1 Å². The smallest absolute Gasteiger partial charge is 0.323 e. The molecule has 3 heteroatoms. The summed E-state index contributed by atoms with van der Waals surface area (Å²) in [5.74, 6) is -0.946. The van der Waals surface area contributed by atoms with E-state index in [0.29, 0.717) is 13.0 Å². The normalized spacial score (nSPS) is 11.8. The van der Waals surface area contributed by atoms with Crippen LogP contribution in [-0.2, 0) is 9.53 Å². The van der Waals surface area contributed by atoms with E-state index in [1.54, 1.807) is 6.92 Å². The minimum atomic E-state index is -0.565. The zero-order valence-corrected chi connectivity index (χ0v) is 7.67. The number of unbranched alkanes of at least 4 members (excludes halogenated alkanes) is 1. The van der Waals surface area contributed by atoms with Crippen molar-refractivity contribution >= 4 is 5.97 Å². The molecule has 0 radical (unpaired) electrons. The van der Waals surface area contributed by atoms with E-state index in [2.05, 4.69) is 0 Å². The predicted octanol–water partition coefficient (Wildman–Crippen LogP) is 1.88. The van der Waals surface area contributed by atoms with Crippen LogP contribution in [0.25, 0.3) is 0 Å². The minimum Gasteiger partial charge on any atom is -0.465 e. The number of rotatable bonds is 5. The van der Waals surface area contributed by atoms with Crippen LogP contribution in [0.4, 0.5) is 0 Å². The van der Waals surface area contributed by atoms with Crippen molar-refractivity contribution in [3.8, 4) is 6.07 Å². The summed E-state index contributed by atoms with van der Waals surface area (Å²) < 4.78 is 4.73. The Kier molecular flexibility index (Phi) is 6.08. The molecule has 0 rings (SSSR count). The van der Waals surface area contributed by atoms with Gasteiger partial charge in [-0.15, -0.1) is 0 Å². The molecule has 0 N–H and O–H groups in total. The molecule has 0 aromatic heterocycles. The number of hydrogen-bond acceptors (Lipinski definition) is 3. The fraction of sp³-hybridized carbons (Fsp3) is 0.778. The first-order valence-electron chi connectivity index (χ1n) is 4.32. The molecule has 0 saturated carbocycles. The molecule has 0 heterocycles. The van der Waals surface area contributed by atoms with Gasteiger partial charge >= 0.3 is 5.97 Å². The maximum Gasteiger partial charge on any atom is 0.323 e. The van der Waals surface area contributed by atoms with Crippen molar-refractivity contribution in [2.24, 2.45) is 5.92 Å². The van der Waals surface area contributed by atoms with Crippen LogP contribution in [0, 0.1) is 17.2 Å². The highest BCUT2D eigenvalue weighted by atomic mass is 16.5. The van der Waals surface area contributed by atoms with Gasteiger partial charge in [-0.3, -0.25) is 4.79 Å². The van der Waals surface area contributed by atoms with Crippen molar-refractivity contribution in [3.63, 3.8) is 0 Å². The standard InChI is InChI=1S/C9H15NO2/c1-3-5-6-8(7-10)9(11)12-4-2/h8H,3-6H2,1-2H3. The highest BCUT2D eigenvalue weighted by Crippen LogP contribution is 2.09. The second-order valence-electron chi connectivity index (χ2n) is 2.58. The third kappa shape index (κ3) is 3.97. The molecular formula is C9H15NO2. The molecule has 0 saturated heterocycles. The minimum absolute atomic E-state index is 0.350. The number of carbonyl (C=O) groups is 1. The lowest BCUT2D eigenvalue weighted by atomic mass is 10.0.